The highest BCUT2D eigenvalue weighted by Crippen LogP contribution is 2.44. The largest absolute Gasteiger partial charge is 0.358 e. The Morgan fingerprint density at radius 2 is 1.68 bits per heavy atom. The van der Waals surface area contributed by atoms with Gasteiger partial charge in [0.05, 0.1) is 11.1 Å². The van der Waals surface area contributed by atoms with Crippen LogP contribution < -0.4 is 0 Å². The van der Waals surface area contributed by atoms with Crippen LogP contribution in [0.2, 0.25) is 0 Å². The summed E-state index contributed by atoms with van der Waals surface area (Å²) >= 11 is 0. The molecule has 2 aromatic carbocycles. The first-order chi connectivity index (χ1) is 13.6. The molecule has 1 aromatic heterocycles. The number of fused-ring (bicyclic) bond motifs is 6. The van der Waals surface area contributed by atoms with Crippen molar-refractivity contribution in [3.63, 3.8) is 0 Å². The predicted octanol–water partition coefficient (Wildman–Crippen LogP) is 2.91. The third kappa shape index (κ3) is 2.36. The van der Waals surface area contributed by atoms with Gasteiger partial charge in [0.15, 0.2) is 0 Å². The number of benzene rings is 2. The van der Waals surface area contributed by atoms with Gasteiger partial charge in [-0.3, -0.25) is 14.5 Å². The van der Waals surface area contributed by atoms with E-state index in [4.69, 9.17) is 0 Å². The van der Waals surface area contributed by atoms with Gasteiger partial charge in [-0.05, 0) is 31.3 Å². The number of carbonyl (C=O) groups excluding carboxylic acids is 2. The van der Waals surface area contributed by atoms with Gasteiger partial charge in [0, 0.05) is 41.7 Å². The molecule has 0 unspecified atom stereocenters. The predicted molar refractivity (Wildman–Crippen MR) is 110 cm³/mol. The van der Waals surface area contributed by atoms with Crippen LogP contribution in [0.3, 0.4) is 0 Å². The minimum atomic E-state index is -0.190. The number of amides is 2. The van der Waals surface area contributed by atoms with E-state index in [0.29, 0.717) is 30.7 Å². The van der Waals surface area contributed by atoms with Gasteiger partial charge in [-0.2, -0.15) is 0 Å². The van der Waals surface area contributed by atoms with Crippen LogP contribution in [0, 0.1) is 0 Å². The lowest BCUT2D eigenvalue weighted by molar-refractivity contribution is -0.136. The minimum Gasteiger partial charge on any atom is -0.358 e. The number of H-pyrrole nitrogens is 1. The standard InChI is InChI=1S/C23H21N3O2/c1-25(2)11-12-26-22(27)20-15-8-4-3-7-14(15)13-18-19(21(20)23(26)28)16-9-5-6-10-17(16)24-18/h3-10,24H,11-13H2,1-2H3. The molecular weight excluding hydrogens is 350 g/mol. The van der Waals surface area contributed by atoms with Crippen LogP contribution >= 0.6 is 0 Å². The van der Waals surface area contributed by atoms with Crippen LogP contribution in [0.25, 0.3) is 22.0 Å². The highest BCUT2D eigenvalue weighted by Gasteiger charge is 2.42. The van der Waals surface area contributed by atoms with Gasteiger partial charge in [0.2, 0.25) is 0 Å². The van der Waals surface area contributed by atoms with E-state index in [1.165, 1.54) is 4.90 Å². The second-order valence-electron chi connectivity index (χ2n) is 7.67. The summed E-state index contributed by atoms with van der Waals surface area (Å²) in [5, 5.41) is 0.994. The van der Waals surface area contributed by atoms with Gasteiger partial charge in [0.1, 0.15) is 0 Å². The molecule has 1 aliphatic heterocycles. The van der Waals surface area contributed by atoms with Crippen molar-refractivity contribution < 1.29 is 9.59 Å². The van der Waals surface area contributed by atoms with Crippen molar-refractivity contribution in [3.05, 3.63) is 70.9 Å². The Labute approximate surface area is 163 Å². The summed E-state index contributed by atoms with van der Waals surface area (Å²) in [4.78, 5) is 33.7. The van der Waals surface area contributed by atoms with Crippen molar-refractivity contribution in [2.45, 2.75) is 6.42 Å². The molecular formula is C23H21N3O2. The van der Waals surface area contributed by atoms with E-state index in [1.807, 2.05) is 67.5 Å². The molecule has 140 valence electrons. The maximum Gasteiger partial charge on any atom is 0.262 e. The van der Waals surface area contributed by atoms with E-state index in [2.05, 4.69) is 4.98 Å². The summed E-state index contributed by atoms with van der Waals surface area (Å²) in [6.45, 7) is 1.03. The zero-order valence-corrected chi connectivity index (χ0v) is 16.0. The average Bonchev–Trinajstić information content (AvgIpc) is 3.09. The van der Waals surface area contributed by atoms with Crippen molar-refractivity contribution in [2.75, 3.05) is 27.2 Å². The van der Waals surface area contributed by atoms with Crippen LogP contribution in [-0.4, -0.2) is 53.8 Å². The fourth-order valence-corrected chi connectivity index (χ4v) is 4.29. The number of nitrogens with one attached hydrogen (secondary N) is 1. The Balaban J connectivity index is 1.77. The molecule has 2 heterocycles. The van der Waals surface area contributed by atoms with Crippen LogP contribution in [0.5, 0.6) is 0 Å². The molecule has 3 aromatic rings. The first-order valence-corrected chi connectivity index (χ1v) is 9.49. The van der Waals surface area contributed by atoms with Crippen LogP contribution in [-0.2, 0) is 16.0 Å². The number of para-hydroxylation sites is 1. The number of imide groups is 1. The number of nitrogens with zero attached hydrogens (tertiary/aromatic N) is 2. The zero-order valence-electron chi connectivity index (χ0n) is 16.0. The molecule has 0 spiro atoms. The van der Waals surface area contributed by atoms with Crippen molar-refractivity contribution >= 4 is 33.9 Å². The molecule has 5 nitrogen and oxygen atoms in total. The smallest absolute Gasteiger partial charge is 0.262 e. The number of hydrogen-bond acceptors (Lipinski definition) is 3. The second-order valence-corrected chi connectivity index (χ2v) is 7.67. The number of aromatic nitrogens is 1. The molecule has 0 bridgehead atoms. The summed E-state index contributed by atoms with van der Waals surface area (Å²) in [5.41, 5.74) is 5.89. The third-order valence-electron chi connectivity index (χ3n) is 5.63. The first-order valence-electron chi connectivity index (χ1n) is 9.49. The van der Waals surface area contributed by atoms with Gasteiger partial charge in [0.25, 0.3) is 11.8 Å². The quantitative estimate of drug-likeness (QED) is 0.721. The maximum absolute atomic E-state index is 13.4. The van der Waals surface area contributed by atoms with E-state index < -0.39 is 0 Å². The van der Waals surface area contributed by atoms with Crippen molar-refractivity contribution in [1.82, 2.24) is 14.8 Å². The molecule has 0 radical (unpaired) electrons. The molecule has 5 rings (SSSR count). The van der Waals surface area contributed by atoms with Crippen molar-refractivity contribution in [3.8, 4) is 0 Å². The number of hydrogen-bond donors (Lipinski definition) is 1. The summed E-state index contributed by atoms with van der Waals surface area (Å²) in [6.07, 6.45) is 0.672. The number of likely N-dealkylation sites (N-methyl/N-ethyl adjacent to an activating group) is 1. The number of aromatic amines is 1. The van der Waals surface area contributed by atoms with Gasteiger partial charge < -0.3 is 9.88 Å². The molecule has 0 atom stereocenters. The Kier molecular flexibility index (Phi) is 3.74. The third-order valence-corrected chi connectivity index (χ3v) is 5.63. The molecule has 2 aliphatic rings. The summed E-state index contributed by atoms with van der Waals surface area (Å²) < 4.78 is 0. The van der Waals surface area contributed by atoms with Crippen LogP contribution in [0.4, 0.5) is 0 Å². The Hall–Kier alpha value is -3.18. The van der Waals surface area contributed by atoms with Gasteiger partial charge >= 0.3 is 0 Å². The summed E-state index contributed by atoms with van der Waals surface area (Å²) in [6, 6.07) is 15.9. The minimum absolute atomic E-state index is 0.188. The summed E-state index contributed by atoms with van der Waals surface area (Å²) in [5.74, 6) is -0.378. The first kappa shape index (κ1) is 17.0. The van der Waals surface area contributed by atoms with Gasteiger partial charge in [-0.25, -0.2) is 0 Å². The number of rotatable bonds is 3. The topological polar surface area (TPSA) is 56.4 Å². The second kappa shape index (κ2) is 6.17. The van der Waals surface area contributed by atoms with E-state index in [-0.39, 0.29) is 11.8 Å². The molecule has 5 heteroatoms. The average molecular weight is 371 g/mol. The van der Waals surface area contributed by atoms with Crippen molar-refractivity contribution in [1.29, 1.82) is 0 Å². The molecule has 0 saturated heterocycles. The Morgan fingerprint density at radius 1 is 0.964 bits per heavy atom. The van der Waals surface area contributed by atoms with E-state index in [9.17, 15) is 9.59 Å². The molecule has 1 N–H and O–H groups in total. The van der Waals surface area contributed by atoms with Crippen LogP contribution in [0.15, 0.2) is 48.5 Å². The lowest BCUT2D eigenvalue weighted by Gasteiger charge is -2.19. The fraction of sp³-hybridized carbons (Fsp3) is 0.217. The monoisotopic (exact) mass is 371 g/mol. The van der Waals surface area contributed by atoms with E-state index in [1.54, 1.807) is 0 Å². The SMILES string of the molecule is CN(C)CCN1C(=O)C2=C(C1=O)c1c([nH]c3ccccc13)Cc1ccccc12. The van der Waals surface area contributed by atoms with Gasteiger partial charge in [-0.15, -0.1) is 0 Å². The molecule has 0 saturated carbocycles. The fourth-order valence-electron chi connectivity index (χ4n) is 4.29. The number of carbonyl (C=O) groups is 2. The molecule has 1 aliphatic carbocycles. The summed E-state index contributed by atoms with van der Waals surface area (Å²) in [7, 11) is 3.88. The maximum atomic E-state index is 13.4. The van der Waals surface area contributed by atoms with Crippen LogP contribution in [0.1, 0.15) is 22.4 Å². The normalized spacial score (nSPS) is 15.9. The Bertz CT molecular complexity index is 1170. The van der Waals surface area contributed by atoms with Crippen molar-refractivity contribution in [2.24, 2.45) is 0 Å². The lowest BCUT2D eigenvalue weighted by Crippen LogP contribution is -2.37. The highest BCUT2D eigenvalue weighted by atomic mass is 16.2. The molecule has 28 heavy (non-hydrogen) atoms. The Morgan fingerprint density at radius 3 is 2.50 bits per heavy atom. The van der Waals surface area contributed by atoms with Gasteiger partial charge in [-0.1, -0.05) is 42.5 Å². The lowest BCUT2D eigenvalue weighted by atomic mass is 9.96. The van der Waals surface area contributed by atoms with E-state index in [0.717, 1.165) is 33.3 Å². The zero-order chi connectivity index (χ0) is 19.4. The molecule has 2 amide bonds. The molecule has 0 fully saturated rings. The van der Waals surface area contributed by atoms with E-state index >= 15 is 0 Å². The highest BCUT2D eigenvalue weighted by molar-refractivity contribution is 6.50.